The molecule has 0 spiro atoms. The monoisotopic (exact) mass is 319 g/mol. The van der Waals surface area contributed by atoms with Gasteiger partial charge in [-0.15, -0.1) is 11.3 Å². The Kier molecular flexibility index (Phi) is 4.48. The van der Waals surface area contributed by atoms with Crippen LogP contribution in [0.4, 0.5) is 0 Å². The zero-order valence-electron chi connectivity index (χ0n) is 11.3. The molecule has 0 bridgehead atoms. The Labute approximate surface area is 122 Å². The third-order valence-corrected chi connectivity index (χ3v) is 6.84. The number of nitrogens with zero attached hydrogens (tertiary/aromatic N) is 1. The number of ether oxygens (including phenoxy) is 1. The normalized spacial score (nSPS) is 21.0. The van der Waals surface area contributed by atoms with E-state index in [2.05, 4.69) is 0 Å². The van der Waals surface area contributed by atoms with Crippen LogP contribution in [0.1, 0.15) is 16.9 Å². The Morgan fingerprint density at radius 2 is 2.25 bits per heavy atom. The van der Waals surface area contributed by atoms with Crippen molar-refractivity contribution in [2.24, 2.45) is 0 Å². The molecule has 1 aliphatic rings. The molecule has 1 saturated heterocycles. The molecule has 0 aromatic carbocycles. The Bertz CT molecular complexity index is 607. The molecule has 1 unspecified atom stereocenters. The summed E-state index contributed by atoms with van der Waals surface area (Å²) in [4.78, 5) is 11.8. The Morgan fingerprint density at radius 1 is 1.55 bits per heavy atom. The van der Waals surface area contributed by atoms with Crippen molar-refractivity contribution in [3.05, 3.63) is 16.5 Å². The highest BCUT2D eigenvalue weighted by molar-refractivity contribution is 7.91. The zero-order valence-corrected chi connectivity index (χ0v) is 13.0. The maximum atomic E-state index is 12.7. The number of hydrogen-bond acceptors (Lipinski definition) is 5. The van der Waals surface area contributed by atoms with E-state index >= 15 is 0 Å². The highest BCUT2D eigenvalue weighted by atomic mass is 32.2. The molecular weight excluding hydrogens is 302 g/mol. The highest BCUT2D eigenvalue weighted by Crippen LogP contribution is 2.31. The number of morpholine rings is 1. The molecule has 0 saturated carbocycles. The first-order valence-electron chi connectivity index (χ1n) is 6.21. The lowest BCUT2D eigenvalue weighted by Crippen LogP contribution is -2.49. The van der Waals surface area contributed by atoms with E-state index < -0.39 is 22.0 Å². The first kappa shape index (κ1) is 15.4. The molecule has 1 aromatic rings. The third kappa shape index (κ3) is 3.03. The van der Waals surface area contributed by atoms with Gasteiger partial charge in [-0.2, -0.15) is 4.31 Å². The lowest BCUT2D eigenvalue weighted by molar-refractivity contribution is -0.139. The van der Waals surface area contributed by atoms with Crippen molar-refractivity contribution < 1.29 is 23.1 Å². The molecule has 1 aliphatic heterocycles. The van der Waals surface area contributed by atoms with Crippen molar-refractivity contribution in [3.63, 3.8) is 0 Å². The number of carboxylic acid groups (broad SMARTS) is 1. The van der Waals surface area contributed by atoms with Crippen LogP contribution in [0.5, 0.6) is 0 Å². The van der Waals surface area contributed by atoms with Gasteiger partial charge in [0, 0.05) is 11.4 Å². The molecule has 1 fully saturated rings. The minimum Gasteiger partial charge on any atom is -0.481 e. The summed E-state index contributed by atoms with van der Waals surface area (Å²) in [5.41, 5.74) is 0.702. The van der Waals surface area contributed by atoms with Crippen molar-refractivity contribution in [1.29, 1.82) is 0 Å². The van der Waals surface area contributed by atoms with Crippen LogP contribution in [0.25, 0.3) is 0 Å². The molecule has 2 heterocycles. The minimum absolute atomic E-state index is 0.120. The summed E-state index contributed by atoms with van der Waals surface area (Å²) in [6.07, 6.45) is -0.247. The number of carboxylic acids is 1. The average molecular weight is 319 g/mol. The molecule has 8 heteroatoms. The van der Waals surface area contributed by atoms with Gasteiger partial charge in [-0.1, -0.05) is 0 Å². The smallest absolute Gasteiger partial charge is 0.305 e. The molecule has 20 heavy (non-hydrogen) atoms. The van der Waals surface area contributed by atoms with Gasteiger partial charge >= 0.3 is 5.97 Å². The van der Waals surface area contributed by atoms with Crippen LogP contribution < -0.4 is 0 Å². The molecule has 2 rings (SSSR count). The first-order valence-corrected chi connectivity index (χ1v) is 8.46. The SMILES string of the molecule is Cc1cc(C)c(S(=O)(=O)N2CCOCC2CC(=O)O)s1. The summed E-state index contributed by atoms with van der Waals surface area (Å²) in [5, 5.41) is 8.90. The summed E-state index contributed by atoms with van der Waals surface area (Å²) >= 11 is 1.22. The third-order valence-electron chi connectivity index (χ3n) is 3.12. The van der Waals surface area contributed by atoms with Crippen LogP contribution >= 0.6 is 11.3 Å². The van der Waals surface area contributed by atoms with Gasteiger partial charge in [0.2, 0.25) is 0 Å². The molecule has 6 nitrogen and oxygen atoms in total. The van der Waals surface area contributed by atoms with Gasteiger partial charge in [0.1, 0.15) is 4.21 Å². The van der Waals surface area contributed by atoms with Crippen molar-refractivity contribution in [1.82, 2.24) is 4.31 Å². The zero-order chi connectivity index (χ0) is 14.9. The standard InChI is InChI=1S/C12H17NO5S2/c1-8-5-9(2)19-12(8)20(16,17)13-3-4-18-7-10(13)6-11(14)15/h5,10H,3-4,6-7H2,1-2H3,(H,14,15). The van der Waals surface area contributed by atoms with Crippen LogP contribution in [-0.2, 0) is 19.6 Å². The van der Waals surface area contributed by atoms with Gasteiger partial charge < -0.3 is 9.84 Å². The van der Waals surface area contributed by atoms with E-state index in [-0.39, 0.29) is 19.6 Å². The Hall–Kier alpha value is -0.960. The number of aliphatic carboxylic acids is 1. The summed E-state index contributed by atoms with van der Waals surface area (Å²) < 4.78 is 32.2. The number of carbonyl (C=O) groups is 1. The predicted octanol–water partition coefficient (Wildman–Crippen LogP) is 1.23. The highest BCUT2D eigenvalue weighted by Gasteiger charge is 2.36. The minimum atomic E-state index is -3.66. The molecule has 0 amide bonds. The van der Waals surface area contributed by atoms with Crippen molar-refractivity contribution in [3.8, 4) is 0 Å². The van der Waals surface area contributed by atoms with Crippen molar-refractivity contribution >= 4 is 27.3 Å². The fraction of sp³-hybridized carbons (Fsp3) is 0.583. The van der Waals surface area contributed by atoms with Crippen molar-refractivity contribution in [2.45, 2.75) is 30.5 Å². The van der Waals surface area contributed by atoms with E-state index in [1.54, 1.807) is 6.92 Å². The van der Waals surface area contributed by atoms with E-state index in [0.29, 0.717) is 16.4 Å². The summed E-state index contributed by atoms with van der Waals surface area (Å²) in [5.74, 6) is -1.03. The lowest BCUT2D eigenvalue weighted by Gasteiger charge is -2.33. The Morgan fingerprint density at radius 3 is 2.80 bits per heavy atom. The second-order valence-electron chi connectivity index (χ2n) is 4.77. The van der Waals surface area contributed by atoms with E-state index in [1.165, 1.54) is 15.6 Å². The predicted molar refractivity (Wildman–Crippen MR) is 74.5 cm³/mol. The van der Waals surface area contributed by atoms with Crippen LogP contribution in [0, 0.1) is 13.8 Å². The number of sulfonamides is 1. The molecule has 1 aromatic heterocycles. The number of rotatable bonds is 4. The summed E-state index contributed by atoms with van der Waals surface area (Å²) in [6, 6.07) is 1.18. The van der Waals surface area contributed by atoms with Gasteiger partial charge in [-0.25, -0.2) is 8.42 Å². The molecular formula is C12H17NO5S2. The molecule has 1 atom stereocenters. The fourth-order valence-corrected chi connectivity index (χ4v) is 5.67. The van der Waals surface area contributed by atoms with E-state index in [9.17, 15) is 13.2 Å². The topological polar surface area (TPSA) is 83.9 Å². The quantitative estimate of drug-likeness (QED) is 0.902. The average Bonchev–Trinajstić information content (AvgIpc) is 2.69. The molecule has 112 valence electrons. The number of aryl methyl sites for hydroxylation is 2. The van der Waals surface area contributed by atoms with Crippen LogP contribution in [-0.4, -0.2) is 49.6 Å². The van der Waals surface area contributed by atoms with E-state index in [0.717, 1.165) is 4.88 Å². The summed E-state index contributed by atoms with van der Waals surface area (Å²) in [7, 11) is -3.66. The number of hydrogen-bond donors (Lipinski definition) is 1. The lowest BCUT2D eigenvalue weighted by atomic mass is 10.2. The van der Waals surface area contributed by atoms with Gasteiger partial charge in [0.15, 0.2) is 0 Å². The fourth-order valence-electron chi connectivity index (χ4n) is 2.30. The maximum absolute atomic E-state index is 12.7. The van der Waals surface area contributed by atoms with Gasteiger partial charge in [0.05, 0.1) is 25.7 Å². The van der Waals surface area contributed by atoms with Crippen LogP contribution in [0.2, 0.25) is 0 Å². The molecule has 1 N–H and O–H groups in total. The van der Waals surface area contributed by atoms with Gasteiger partial charge in [0.25, 0.3) is 10.0 Å². The van der Waals surface area contributed by atoms with E-state index in [4.69, 9.17) is 9.84 Å². The number of thiophene rings is 1. The van der Waals surface area contributed by atoms with E-state index in [1.807, 2.05) is 13.0 Å². The summed E-state index contributed by atoms with van der Waals surface area (Å²) in [6.45, 7) is 4.21. The largest absolute Gasteiger partial charge is 0.481 e. The van der Waals surface area contributed by atoms with Crippen LogP contribution in [0.3, 0.4) is 0 Å². The van der Waals surface area contributed by atoms with Gasteiger partial charge in [-0.05, 0) is 25.5 Å². The van der Waals surface area contributed by atoms with Crippen molar-refractivity contribution in [2.75, 3.05) is 19.8 Å². The second-order valence-corrected chi connectivity index (χ2v) is 8.11. The Balaban J connectivity index is 2.35. The molecule has 0 aliphatic carbocycles. The maximum Gasteiger partial charge on any atom is 0.305 e. The molecule has 0 radical (unpaired) electrons. The van der Waals surface area contributed by atoms with Gasteiger partial charge in [-0.3, -0.25) is 4.79 Å². The first-order chi connectivity index (χ1) is 9.32. The van der Waals surface area contributed by atoms with Crippen LogP contribution in [0.15, 0.2) is 10.3 Å². The second kappa shape index (κ2) is 5.80.